The molecule has 0 saturated carbocycles. The molecule has 1 heterocycles. The van der Waals surface area contributed by atoms with Gasteiger partial charge in [-0.15, -0.1) is 6.58 Å². The maximum atomic E-state index is 12.8. The largest absolute Gasteiger partial charge is 0.497 e. The molecule has 0 spiro atoms. The Morgan fingerprint density at radius 3 is 2.74 bits per heavy atom. The smallest absolute Gasteiger partial charge is 0.279 e. The first-order valence-electron chi connectivity index (χ1n) is 8.56. The Kier molecular flexibility index (Phi) is 4.60. The molecule has 0 bridgehead atoms. The normalized spacial score (nSPS) is 11.8. The molecule has 1 aromatic heterocycles. The Morgan fingerprint density at radius 2 is 1.96 bits per heavy atom. The topological polar surface area (TPSA) is 43.6 Å². The predicted molar refractivity (Wildman–Crippen MR) is 110 cm³/mol. The summed E-state index contributed by atoms with van der Waals surface area (Å²) in [6, 6.07) is 19.5. The second kappa shape index (κ2) is 7.21. The van der Waals surface area contributed by atoms with Crippen molar-refractivity contribution < 1.29 is 9.53 Å². The fourth-order valence-electron chi connectivity index (χ4n) is 3.05. The molecule has 4 aromatic rings. The predicted octanol–water partition coefficient (Wildman–Crippen LogP) is 4.79. The number of methoxy groups -OCH3 is 1. The number of fused-ring (bicyclic) bond motifs is 2. The molecule has 0 saturated heterocycles. The first-order valence-corrected chi connectivity index (χ1v) is 9.37. The van der Waals surface area contributed by atoms with Crippen molar-refractivity contribution in [1.82, 2.24) is 4.57 Å². The molecule has 4 nitrogen and oxygen atoms in total. The van der Waals surface area contributed by atoms with E-state index in [9.17, 15) is 4.79 Å². The first-order chi connectivity index (χ1) is 13.2. The monoisotopic (exact) mass is 374 g/mol. The maximum Gasteiger partial charge on any atom is 0.279 e. The zero-order chi connectivity index (χ0) is 18.8. The van der Waals surface area contributed by atoms with E-state index in [-0.39, 0.29) is 5.91 Å². The van der Waals surface area contributed by atoms with Crippen molar-refractivity contribution in [2.75, 3.05) is 7.11 Å². The number of carbonyl (C=O) groups is 1. The Morgan fingerprint density at radius 1 is 1.15 bits per heavy atom. The van der Waals surface area contributed by atoms with Gasteiger partial charge in [0.25, 0.3) is 5.91 Å². The number of hydrogen-bond donors (Lipinski definition) is 0. The number of rotatable bonds is 4. The van der Waals surface area contributed by atoms with Crippen LogP contribution in [0.25, 0.3) is 21.0 Å². The zero-order valence-corrected chi connectivity index (χ0v) is 15.7. The molecule has 0 radical (unpaired) electrons. The second-order valence-corrected chi connectivity index (χ2v) is 7.11. The summed E-state index contributed by atoms with van der Waals surface area (Å²) < 4.78 is 8.31. The summed E-state index contributed by atoms with van der Waals surface area (Å²) in [6.07, 6.45) is 1.80. The van der Waals surface area contributed by atoms with E-state index >= 15 is 0 Å². The summed E-state index contributed by atoms with van der Waals surface area (Å²) in [7, 11) is 1.64. The SMILES string of the molecule is C=CCn1c(=NC(=O)c2ccc3ccccc3c2)sc2cc(OC)ccc21. The minimum Gasteiger partial charge on any atom is -0.497 e. The minimum absolute atomic E-state index is 0.253. The van der Waals surface area contributed by atoms with Crippen LogP contribution in [-0.2, 0) is 6.54 Å². The van der Waals surface area contributed by atoms with E-state index in [1.165, 1.54) is 11.3 Å². The van der Waals surface area contributed by atoms with E-state index in [2.05, 4.69) is 11.6 Å². The van der Waals surface area contributed by atoms with E-state index in [0.717, 1.165) is 26.7 Å². The lowest BCUT2D eigenvalue weighted by Gasteiger charge is -2.03. The molecule has 0 unspecified atom stereocenters. The van der Waals surface area contributed by atoms with Crippen molar-refractivity contribution in [3.05, 3.63) is 83.7 Å². The lowest BCUT2D eigenvalue weighted by molar-refractivity contribution is 0.0998. The Balaban J connectivity index is 1.83. The standard InChI is InChI=1S/C22H18N2O2S/c1-3-12-24-19-11-10-18(26-2)14-20(19)27-22(24)23-21(25)17-9-8-15-6-4-5-7-16(15)13-17/h3-11,13-14H,1,12H2,2H3. The highest BCUT2D eigenvalue weighted by atomic mass is 32.1. The van der Waals surface area contributed by atoms with Crippen LogP contribution in [0.4, 0.5) is 0 Å². The van der Waals surface area contributed by atoms with Crippen LogP contribution in [0.1, 0.15) is 10.4 Å². The minimum atomic E-state index is -0.253. The van der Waals surface area contributed by atoms with E-state index in [1.807, 2.05) is 65.2 Å². The quantitative estimate of drug-likeness (QED) is 0.482. The highest BCUT2D eigenvalue weighted by Crippen LogP contribution is 2.23. The lowest BCUT2D eigenvalue weighted by atomic mass is 10.1. The fraction of sp³-hybridized carbons (Fsp3) is 0.0909. The van der Waals surface area contributed by atoms with Crippen LogP contribution >= 0.6 is 11.3 Å². The van der Waals surface area contributed by atoms with E-state index in [0.29, 0.717) is 16.9 Å². The van der Waals surface area contributed by atoms with Gasteiger partial charge in [0, 0.05) is 12.1 Å². The van der Waals surface area contributed by atoms with Crippen LogP contribution in [-0.4, -0.2) is 17.6 Å². The first kappa shape index (κ1) is 17.2. The van der Waals surface area contributed by atoms with Crippen molar-refractivity contribution >= 4 is 38.2 Å². The van der Waals surface area contributed by atoms with Crippen LogP contribution in [0.3, 0.4) is 0 Å². The summed E-state index contributed by atoms with van der Waals surface area (Å²) in [5.41, 5.74) is 1.58. The second-order valence-electron chi connectivity index (χ2n) is 6.10. The van der Waals surface area contributed by atoms with Gasteiger partial charge in [-0.1, -0.05) is 47.7 Å². The number of carbonyl (C=O) groups excluding carboxylic acids is 1. The number of nitrogens with zero attached hydrogens (tertiary/aromatic N) is 2. The number of allylic oxidation sites excluding steroid dienone is 1. The van der Waals surface area contributed by atoms with E-state index in [4.69, 9.17) is 4.74 Å². The van der Waals surface area contributed by atoms with Gasteiger partial charge in [0.2, 0.25) is 0 Å². The van der Waals surface area contributed by atoms with Crippen molar-refractivity contribution in [2.45, 2.75) is 6.54 Å². The molecule has 0 aliphatic heterocycles. The molecule has 0 aliphatic rings. The third-order valence-corrected chi connectivity index (χ3v) is 5.44. The Bertz CT molecular complexity index is 1230. The molecular formula is C22H18N2O2S. The van der Waals surface area contributed by atoms with Crippen molar-refractivity contribution in [1.29, 1.82) is 0 Å². The van der Waals surface area contributed by atoms with Crippen LogP contribution in [0.5, 0.6) is 5.75 Å². The van der Waals surface area contributed by atoms with Gasteiger partial charge in [0.05, 0.1) is 17.3 Å². The van der Waals surface area contributed by atoms with Crippen LogP contribution in [0.15, 0.2) is 78.3 Å². The van der Waals surface area contributed by atoms with Crippen molar-refractivity contribution in [3.8, 4) is 5.75 Å². The molecule has 0 aliphatic carbocycles. The number of thiazole rings is 1. The summed E-state index contributed by atoms with van der Waals surface area (Å²) in [5, 5.41) is 2.13. The molecule has 0 fully saturated rings. The summed E-state index contributed by atoms with van der Waals surface area (Å²) in [5.74, 6) is 0.527. The molecule has 27 heavy (non-hydrogen) atoms. The average molecular weight is 374 g/mol. The summed E-state index contributed by atoms with van der Waals surface area (Å²) in [6.45, 7) is 4.40. The lowest BCUT2D eigenvalue weighted by Crippen LogP contribution is -2.16. The average Bonchev–Trinajstić information content (AvgIpc) is 3.04. The third kappa shape index (κ3) is 3.29. The van der Waals surface area contributed by atoms with E-state index in [1.54, 1.807) is 13.2 Å². The number of amides is 1. The molecule has 134 valence electrons. The molecule has 0 N–H and O–H groups in total. The van der Waals surface area contributed by atoms with Gasteiger partial charge in [-0.3, -0.25) is 4.79 Å². The van der Waals surface area contributed by atoms with Crippen molar-refractivity contribution in [3.63, 3.8) is 0 Å². The van der Waals surface area contributed by atoms with Gasteiger partial charge in [-0.2, -0.15) is 4.99 Å². The van der Waals surface area contributed by atoms with Gasteiger partial charge in [0.15, 0.2) is 4.80 Å². The number of hydrogen-bond acceptors (Lipinski definition) is 3. The molecule has 1 amide bonds. The molecule has 3 aromatic carbocycles. The van der Waals surface area contributed by atoms with Crippen LogP contribution in [0.2, 0.25) is 0 Å². The van der Waals surface area contributed by atoms with Gasteiger partial charge in [0.1, 0.15) is 5.75 Å². The third-order valence-electron chi connectivity index (χ3n) is 4.40. The summed E-state index contributed by atoms with van der Waals surface area (Å²) >= 11 is 1.47. The Labute approximate surface area is 160 Å². The molecular weight excluding hydrogens is 356 g/mol. The van der Waals surface area contributed by atoms with Crippen LogP contribution < -0.4 is 9.54 Å². The van der Waals surface area contributed by atoms with Crippen LogP contribution in [0, 0.1) is 0 Å². The van der Waals surface area contributed by atoms with Gasteiger partial charge < -0.3 is 9.30 Å². The Hall–Kier alpha value is -3.18. The zero-order valence-electron chi connectivity index (χ0n) is 14.9. The van der Waals surface area contributed by atoms with Gasteiger partial charge in [-0.25, -0.2) is 0 Å². The van der Waals surface area contributed by atoms with Crippen molar-refractivity contribution in [2.24, 2.45) is 4.99 Å². The molecule has 4 rings (SSSR count). The number of ether oxygens (including phenoxy) is 1. The maximum absolute atomic E-state index is 12.8. The molecule has 5 heteroatoms. The highest BCUT2D eigenvalue weighted by Gasteiger charge is 2.10. The van der Waals surface area contributed by atoms with E-state index < -0.39 is 0 Å². The highest BCUT2D eigenvalue weighted by molar-refractivity contribution is 7.16. The fourth-order valence-corrected chi connectivity index (χ4v) is 4.11. The number of aromatic nitrogens is 1. The summed E-state index contributed by atoms with van der Waals surface area (Å²) in [4.78, 5) is 17.8. The molecule has 0 atom stereocenters. The van der Waals surface area contributed by atoms with Gasteiger partial charge >= 0.3 is 0 Å². The number of benzene rings is 3. The van der Waals surface area contributed by atoms with Gasteiger partial charge in [-0.05, 0) is 41.1 Å².